The Morgan fingerprint density at radius 3 is 2.41 bits per heavy atom. The number of hydrogen-bond acceptors (Lipinski definition) is 4. The molecule has 0 heterocycles. The summed E-state index contributed by atoms with van der Waals surface area (Å²) in [6, 6.07) is 8.55. The number of nitrogens with one attached hydrogen (secondary N) is 2. The summed E-state index contributed by atoms with van der Waals surface area (Å²) in [5, 5.41) is 22.3. The molecule has 0 aliphatic heterocycles. The first-order valence-electron chi connectivity index (χ1n) is 6.67. The zero-order chi connectivity index (χ0) is 16.5. The van der Waals surface area contributed by atoms with E-state index in [9.17, 15) is 19.5 Å². The van der Waals surface area contributed by atoms with E-state index in [-0.39, 0.29) is 12.8 Å². The molecule has 0 aliphatic carbocycles. The van der Waals surface area contributed by atoms with Crippen LogP contribution in [0.3, 0.4) is 0 Å². The smallest absolute Gasteiger partial charge is 0.326 e. The standard InChI is InChI=1S/C15H17N3O4/c1-10(17-13(19)7-8-16)14(20)18-12(15(21)22)9-11-5-3-2-4-6-11/h2-6,10,12H,7,9H2,1H3,(H,17,19)(H,18,20)(H,21,22)/t10-,12-/m0/s1. The van der Waals surface area contributed by atoms with E-state index < -0.39 is 29.9 Å². The Bertz CT molecular complexity index is 580. The van der Waals surface area contributed by atoms with Gasteiger partial charge in [-0.2, -0.15) is 5.26 Å². The number of benzene rings is 1. The second-order valence-electron chi connectivity index (χ2n) is 4.71. The number of aliphatic carboxylic acids is 1. The van der Waals surface area contributed by atoms with Gasteiger partial charge in [-0.25, -0.2) is 4.79 Å². The number of carboxylic acid groups (broad SMARTS) is 1. The maximum atomic E-state index is 11.9. The van der Waals surface area contributed by atoms with Crippen molar-refractivity contribution < 1.29 is 19.5 Å². The van der Waals surface area contributed by atoms with Crippen LogP contribution >= 0.6 is 0 Å². The van der Waals surface area contributed by atoms with Gasteiger partial charge < -0.3 is 15.7 Å². The number of carboxylic acids is 1. The molecule has 0 spiro atoms. The first kappa shape index (κ1) is 17.2. The minimum Gasteiger partial charge on any atom is -0.480 e. The lowest BCUT2D eigenvalue weighted by Gasteiger charge is -2.18. The molecule has 1 rings (SSSR count). The van der Waals surface area contributed by atoms with Crippen LogP contribution in [0.1, 0.15) is 18.9 Å². The van der Waals surface area contributed by atoms with Crippen molar-refractivity contribution in [2.24, 2.45) is 0 Å². The molecular formula is C15H17N3O4. The third kappa shape index (κ3) is 5.63. The molecule has 0 aliphatic rings. The Labute approximate surface area is 127 Å². The van der Waals surface area contributed by atoms with Crippen LogP contribution in [-0.4, -0.2) is 35.0 Å². The summed E-state index contributed by atoms with van der Waals surface area (Å²) < 4.78 is 0. The molecular weight excluding hydrogens is 286 g/mol. The molecule has 22 heavy (non-hydrogen) atoms. The van der Waals surface area contributed by atoms with Crippen molar-refractivity contribution >= 4 is 17.8 Å². The lowest BCUT2D eigenvalue weighted by molar-refractivity contribution is -0.142. The number of hydrogen-bond donors (Lipinski definition) is 3. The Morgan fingerprint density at radius 2 is 1.86 bits per heavy atom. The number of amides is 2. The fraction of sp³-hybridized carbons (Fsp3) is 0.333. The summed E-state index contributed by atoms with van der Waals surface area (Å²) in [7, 11) is 0. The van der Waals surface area contributed by atoms with Crippen LogP contribution in [0.5, 0.6) is 0 Å². The van der Waals surface area contributed by atoms with Crippen molar-refractivity contribution in [1.82, 2.24) is 10.6 Å². The van der Waals surface area contributed by atoms with Crippen molar-refractivity contribution in [1.29, 1.82) is 5.26 Å². The first-order chi connectivity index (χ1) is 10.4. The molecule has 1 aromatic rings. The molecule has 0 unspecified atom stereocenters. The van der Waals surface area contributed by atoms with E-state index >= 15 is 0 Å². The first-order valence-corrected chi connectivity index (χ1v) is 6.67. The number of nitriles is 1. The molecule has 0 saturated carbocycles. The van der Waals surface area contributed by atoms with E-state index in [0.717, 1.165) is 5.56 Å². The molecule has 0 bridgehead atoms. The van der Waals surface area contributed by atoms with Gasteiger partial charge in [0, 0.05) is 6.42 Å². The van der Waals surface area contributed by atoms with Crippen molar-refractivity contribution in [3.63, 3.8) is 0 Å². The van der Waals surface area contributed by atoms with Crippen molar-refractivity contribution in [3.8, 4) is 6.07 Å². The van der Waals surface area contributed by atoms with Gasteiger partial charge in [0.15, 0.2) is 0 Å². The zero-order valence-corrected chi connectivity index (χ0v) is 12.1. The lowest BCUT2D eigenvalue weighted by Crippen LogP contribution is -2.51. The molecule has 3 N–H and O–H groups in total. The van der Waals surface area contributed by atoms with E-state index in [1.807, 2.05) is 6.07 Å². The summed E-state index contributed by atoms with van der Waals surface area (Å²) in [6.07, 6.45) is -0.217. The maximum absolute atomic E-state index is 11.9. The SMILES string of the molecule is C[C@H](NC(=O)CC#N)C(=O)N[C@@H](Cc1ccccc1)C(=O)O. The topological polar surface area (TPSA) is 119 Å². The van der Waals surface area contributed by atoms with Crippen LogP contribution in [0.2, 0.25) is 0 Å². The van der Waals surface area contributed by atoms with Crippen LogP contribution in [0.15, 0.2) is 30.3 Å². The van der Waals surface area contributed by atoms with Gasteiger partial charge in [-0.1, -0.05) is 30.3 Å². The van der Waals surface area contributed by atoms with Gasteiger partial charge in [-0.05, 0) is 12.5 Å². The molecule has 0 radical (unpaired) electrons. The molecule has 7 heteroatoms. The predicted octanol–water partition coefficient (Wildman–Crippen LogP) is 0.217. The van der Waals surface area contributed by atoms with E-state index in [1.54, 1.807) is 30.3 Å². The fourth-order valence-corrected chi connectivity index (χ4v) is 1.78. The van der Waals surface area contributed by atoms with Gasteiger partial charge in [-0.15, -0.1) is 0 Å². The van der Waals surface area contributed by atoms with Crippen LogP contribution in [0, 0.1) is 11.3 Å². The van der Waals surface area contributed by atoms with Gasteiger partial charge in [-0.3, -0.25) is 9.59 Å². The zero-order valence-electron chi connectivity index (χ0n) is 12.1. The largest absolute Gasteiger partial charge is 0.480 e. The normalized spacial score (nSPS) is 12.5. The lowest BCUT2D eigenvalue weighted by atomic mass is 10.1. The van der Waals surface area contributed by atoms with Crippen LogP contribution < -0.4 is 10.6 Å². The monoisotopic (exact) mass is 303 g/mol. The Hall–Kier alpha value is -2.88. The van der Waals surface area contributed by atoms with E-state index in [0.29, 0.717) is 0 Å². The number of nitrogens with zero attached hydrogens (tertiary/aromatic N) is 1. The van der Waals surface area contributed by atoms with Gasteiger partial charge >= 0.3 is 5.97 Å². The minimum atomic E-state index is -1.16. The summed E-state index contributed by atoms with van der Waals surface area (Å²) in [5.41, 5.74) is 0.774. The van der Waals surface area contributed by atoms with Crippen molar-refractivity contribution in [2.45, 2.75) is 31.8 Å². The van der Waals surface area contributed by atoms with E-state index in [1.165, 1.54) is 6.92 Å². The van der Waals surface area contributed by atoms with Crippen molar-refractivity contribution in [2.75, 3.05) is 0 Å². The highest BCUT2D eigenvalue weighted by Gasteiger charge is 2.24. The molecule has 7 nitrogen and oxygen atoms in total. The second kappa shape index (κ2) is 8.42. The molecule has 0 saturated heterocycles. The van der Waals surface area contributed by atoms with Crippen LogP contribution in [0.4, 0.5) is 0 Å². The number of rotatable bonds is 7. The van der Waals surface area contributed by atoms with Gasteiger partial charge in [0.2, 0.25) is 11.8 Å². The molecule has 2 amide bonds. The average molecular weight is 303 g/mol. The third-order valence-corrected chi connectivity index (χ3v) is 2.91. The Balaban J connectivity index is 2.63. The highest BCUT2D eigenvalue weighted by molar-refractivity contribution is 5.90. The van der Waals surface area contributed by atoms with Gasteiger partial charge in [0.1, 0.15) is 18.5 Å². The highest BCUT2D eigenvalue weighted by atomic mass is 16.4. The Morgan fingerprint density at radius 1 is 1.23 bits per heavy atom. The number of carbonyl (C=O) groups is 3. The predicted molar refractivity (Wildman–Crippen MR) is 77.5 cm³/mol. The summed E-state index contributed by atoms with van der Waals surface area (Å²) >= 11 is 0. The molecule has 116 valence electrons. The quantitative estimate of drug-likeness (QED) is 0.665. The molecule has 0 aromatic heterocycles. The fourth-order valence-electron chi connectivity index (χ4n) is 1.78. The highest BCUT2D eigenvalue weighted by Crippen LogP contribution is 2.04. The van der Waals surface area contributed by atoms with Crippen LogP contribution in [0.25, 0.3) is 0 Å². The second-order valence-corrected chi connectivity index (χ2v) is 4.71. The third-order valence-electron chi connectivity index (χ3n) is 2.91. The maximum Gasteiger partial charge on any atom is 0.326 e. The summed E-state index contributed by atoms with van der Waals surface area (Å²) in [6.45, 7) is 1.42. The number of carbonyl (C=O) groups excluding carboxylic acids is 2. The van der Waals surface area contributed by atoms with E-state index in [4.69, 9.17) is 5.26 Å². The molecule has 0 fully saturated rings. The minimum absolute atomic E-state index is 0.140. The van der Waals surface area contributed by atoms with Crippen molar-refractivity contribution in [3.05, 3.63) is 35.9 Å². The van der Waals surface area contributed by atoms with Crippen LogP contribution in [-0.2, 0) is 20.8 Å². The average Bonchev–Trinajstić information content (AvgIpc) is 2.47. The molecule has 1 aromatic carbocycles. The molecule has 2 atom stereocenters. The van der Waals surface area contributed by atoms with Gasteiger partial charge in [0.25, 0.3) is 0 Å². The summed E-state index contributed by atoms with van der Waals surface area (Å²) in [4.78, 5) is 34.4. The summed E-state index contributed by atoms with van der Waals surface area (Å²) in [5.74, 6) is -2.36. The Kier molecular flexibility index (Phi) is 6.57. The van der Waals surface area contributed by atoms with E-state index in [2.05, 4.69) is 10.6 Å². The van der Waals surface area contributed by atoms with Gasteiger partial charge in [0.05, 0.1) is 6.07 Å².